The predicted molar refractivity (Wildman–Crippen MR) is 92.5 cm³/mol. The first-order valence-corrected chi connectivity index (χ1v) is 8.25. The Bertz CT molecular complexity index is 663. The molecule has 0 aromatic heterocycles. The molecule has 0 atom stereocenters. The van der Waals surface area contributed by atoms with Gasteiger partial charge >= 0.3 is 0 Å². The Morgan fingerprint density at radius 2 is 2.08 bits per heavy atom. The van der Waals surface area contributed by atoms with Crippen LogP contribution in [0.15, 0.2) is 35.7 Å². The number of benzene rings is 1. The maximum absolute atomic E-state index is 12.2. The van der Waals surface area contributed by atoms with E-state index in [1.807, 2.05) is 6.92 Å². The first kappa shape index (κ1) is 19.0. The number of nitrogens with one attached hydrogen (secondary N) is 1. The largest absolute Gasteiger partial charge is 0.368 e. The Morgan fingerprint density at radius 1 is 1.40 bits per heavy atom. The molecule has 0 spiro atoms. The molecule has 1 aromatic carbocycles. The number of hydroxylamine groups is 2. The van der Waals surface area contributed by atoms with Gasteiger partial charge in [0.15, 0.2) is 5.70 Å². The van der Waals surface area contributed by atoms with Gasteiger partial charge in [0, 0.05) is 11.6 Å². The van der Waals surface area contributed by atoms with Crippen LogP contribution in [0.5, 0.6) is 0 Å². The number of carbonyl (C=O) groups is 2. The minimum absolute atomic E-state index is 0.0463. The zero-order chi connectivity index (χ0) is 18.4. The molecule has 136 valence electrons. The molecule has 1 aliphatic rings. The van der Waals surface area contributed by atoms with E-state index in [9.17, 15) is 9.59 Å². The number of carbonyl (C=O) groups excluding carboxylic acids is 2. The molecule has 0 radical (unpaired) electrons. The maximum atomic E-state index is 12.2. The van der Waals surface area contributed by atoms with Crippen molar-refractivity contribution in [2.75, 3.05) is 24.8 Å². The average Bonchev–Trinajstić information content (AvgIpc) is 3.03. The van der Waals surface area contributed by atoms with Crippen LogP contribution in [0.2, 0.25) is 5.02 Å². The minimum Gasteiger partial charge on any atom is -0.368 e. The highest BCUT2D eigenvalue weighted by Gasteiger charge is 2.33. The first-order chi connectivity index (χ1) is 12.0. The van der Waals surface area contributed by atoms with Gasteiger partial charge in [0.05, 0.1) is 17.9 Å². The Morgan fingerprint density at radius 3 is 2.64 bits per heavy atom. The third-order valence-corrected chi connectivity index (χ3v) is 3.95. The normalized spacial score (nSPS) is 14.0. The molecular formula is C16H21ClN4O4. The van der Waals surface area contributed by atoms with E-state index in [0.29, 0.717) is 23.0 Å². The second-order valence-electron chi connectivity index (χ2n) is 5.52. The van der Waals surface area contributed by atoms with Crippen LogP contribution in [0.25, 0.3) is 0 Å². The summed E-state index contributed by atoms with van der Waals surface area (Å²) in [6.07, 6.45) is 1.72. The van der Waals surface area contributed by atoms with Crippen molar-refractivity contribution in [3.8, 4) is 0 Å². The fourth-order valence-corrected chi connectivity index (χ4v) is 2.65. The quantitative estimate of drug-likeness (QED) is 0.473. The van der Waals surface area contributed by atoms with E-state index in [-0.39, 0.29) is 18.8 Å². The van der Waals surface area contributed by atoms with Crippen molar-refractivity contribution in [3.63, 3.8) is 0 Å². The molecule has 8 nitrogen and oxygen atoms in total. The van der Waals surface area contributed by atoms with E-state index < -0.39 is 11.8 Å². The molecule has 4 N–H and O–H groups in total. The van der Waals surface area contributed by atoms with Crippen molar-refractivity contribution in [1.82, 2.24) is 10.4 Å². The SMILES string of the molecule is CCCCN(CC(N)=O)C1=C(C(=O)NO)N(c2ccc(Cl)cc2)OC1. The van der Waals surface area contributed by atoms with E-state index in [1.165, 1.54) is 5.06 Å². The minimum atomic E-state index is -0.742. The molecule has 1 aliphatic heterocycles. The van der Waals surface area contributed by atoms with Crippen LogP contribution in [0.4, 0.5) is 5.69 Å². The van der Waals surface area contributed by atoms with Gasteiger partial charge in [0.2, 0.25) is 5.91 Å². The van der Waals surface area contributed by atoms with Crippen molar-refractivity contribution >= 4 is 29.1 Å². The number of rotatable bonds is 8. The third kappa shape index (κ3) is 4.62. The number of amides is 2. The lowest BCUT2D eigenvalue weighted by Gasteiger charge is -2.24. The summed E-state index contributed by atoms with van der Waals surface area (Å²) in [6.45, 7) is 2.58. The Kier molecular flexibility index (Phi) is 6.63. The summed E-state index contributed by atoms with van der Waals surface area (Å²) >= 11 is 5.89. The van der Waals surface area contributed by atoms with E-state index in [0.717, 1.165) is 12.8 Å². The Hall–Kier alpha value is -2.29. The topological polar surface area (TPSA) is 108 Å². The summed E-state index contributed by atoms with van der Waals surface area (Å²) in [5.74, 6) is -1.26. The molecule has 0 saturated carbocycles. The molecule has 0 saturated heterocycles. The van der Waals surface area contributed by atoms with Gasteiger partial charge in [-0.1, -0.05) is 24.9 Å². The second kappa shape index (κ2) is 8.70. The highest BCUT2D eigenvalue weighted by molar-refractivity contribution is 6.30. The van der Waals surface area contributed by atoms with Crippen LogP contribution >= 0.6 is 11.6 Å². The van der Waals surface area contributed by atoms with Gasteiger partial charge < -0.3 is 10.6 Å². The van der Waals surface area contributed by atoms with Crippen molar-refractivity contribution in [2.45, 2.75) is 19.8 Å². The van der Waals surface area contributed by atoms with Crippen molar-refractivity contribution in [1.29, 1.82) is 0 Å². The highest BCUT2D eigenvalue weighted by Crippen LogP contribution is 2.30. The highest BCUT2D eigenvalue weighted by atomic mass is 35.5. The van der Waals surface area contributed by atoms with Crippen molar-refractivity contribution < 1.29 is 19.6 Å². The van der Waals surface area contributed by atoms with Gasteiger partial charge in [-0.2, -0.15) is 0 Å². The van der Waals surface area contributed by atoms with Gasteiger partial charge in [0.25, 0.3) is 5.91 Å². The van der Waals surface area contributed by atoms with Crippen LogP contribution in [0.1, 0.15) is 19.8 Å². The molecule has 25 heavy (non-hydrogen) atoms. The van der Waals surface area contributed by atoms with Crippen molar-refractivity contribution in [3.05, 3.63) is 40.7 Å². The molecule has 0 aliphatic carbocycles. The number of nitrogens with two attached hydrogens (primary N) is 1. The van der Waals surface area contributed by atoms with Gasteiger partial charge in [-0.15, -0.1) is 0 Å². The van der Waals surface area contributed by atoms with Crippen LogP contribution in [0, 0.1) is 0 Å². The Labute approximate surface area is 150 Å². The smallest absolute Gasteiger partial charge is 0.295 e. The summed E-state index contributed by atoms with van der Waals surface area (Å²) in [5.41, 5.74) is 8.09. The molecule has 1 heterocycles. The summed E-state index contributed by atoms with van der Waals surface area (Å²) in [6, 6.07) is 6.68. The van der Waals surface area contributed by atoms with Crippen LogP contribution < -0.4 is 16.3 Å². The number of primary amides is 1. The standard InChI is InChI=1S/C16H21ClN4O4/c1-2-3-8-20(9-14(18)22)13-10-25-21(15(13)16(23)19-24)12-6-4-11(17)5-7-12/h4-7,24H,2-3,8-10H2,1H3,(H2,18,22)(H,19,23). The van der Waals surface area contributed by atoms with E-state index in [4.69, 9.17) is 27.4 Å². The lowest BCUT2D eigenvalue weighted by molar-refractivity contribution is -0.126. The summed E-state index contributed by atoms with van der Waals surface area (Å²) < 4.78 is 0. The number of nitrogens with zero attached hydrogens (tertiary/aromatic N) is 2. The summed E-state index contributed by atoms with van der Waals surface area (Å²) in [4.78, 5) is 31.0. The van der Waals surface area contributed by atoms with Gasteiger partial charge in [-0.25, -0.2) is 10.5 Å². The van der Waals surface area contributed by atoms with Gasteiger partial charge in [0.1, 0.15) is 6.61 Å². The fourth-order valence-electron chi connectivity index (χ4n) is 2.52. The van der Waals surface area contributed by atoms with Gasteiger partial charge in [-0.3, -0.25) is 19.6 Å². The van der Waals surface area contributed by atoms with E-state index in [1.54, 1.807) is 34.6 Å². The van der Waals surface area contributed by atoms with E-state index >= 15 is 0 Å². The maximum Gasteiger partial charge on any atom is 0.295 e. The molecule has 9 heteroatoms. The summed E-state index contributed by atoms with van der Waals surface area (Å²) in [7, 11) is 0. The molecule has 2 amide bonds. The number of halogens is 1. The third-order valence-electron chi connectivity index (χ3n) is 3.69. The van der Waals surface area contributed by atoms with E-state index in [2.05, 4.69) is 0 Å². The predicted octanol–water partition coefficient (Wildman–Crippen LogP) is 1.40. The number of anilines is 1. The summed E-state index contributed by atoms with van der Waals surface area (Å²) in [5, 5.41) is 11.0. The second-order valence-corrected chi connectivity index (χ2v) is 5.96. The van der Waals surface area contributed by atoms with Gasteiger partial charge in [-0.05, 0) is 30.7 Å². The molecule has 0 unspecified atom stereocenters. The fraction of sp³-hybridized carbons (Fsp3) is 0.375. The number of unbranched alkanes of at least 4 members (excludes halogenated alkanes) is 1. The average molecular weight is 369 g/mol. The molecule has 1 aromatic rings. The number of hydrogen-bond donors (Lipinski definition) is 3. The first-order valence-electron chi connectivity index (χ1n) is 7.87. The monoisotopic (exact) mass is 368 g/mol. The lowest BCUT2D eigenvalue weighted by atomic mass is 10.2. The van der Waals surface area contributed by atoms with Crippen molar-refractivity contribution in [2.24, 2.45) is 5.73 Å². The van der Waals surface area contributed by atoms with Crippen LogP contribution in [-0.4, -0.2) is 41.6 Å². The zero-order valence-electron chi connectivity index (χ0n) is 13.9. The molecule has 0 bridgehead atoms. The molecule has 2 rings (SSSR count). The Balaban J connectivity index is 2.41. The van der Waals surface area contributed by atoms with Crippen LogP contribution in [0.3, 0.4) is 0 Å². The molecule has 0 fully saturated rings. The lowest BCUT2D eigenvalue weighted by Crippen LogP contribution is -2.37. The number of hydrogen-bond acceptors (Lipinski definition) is 6. The van der Waals surface area contributed by atoms with Crippen LogP contribution in [-0.2, 0) is 14.4 Å². The zero-order valence-corrected chi connectivity index (χ0v) is 14.6. The molecular weight excluding hydrogens is 348 g/mol.